The summed E-state index contributed by atoms with van der Waals surface area (Å²) in [6.45, 7) is 2.28. The van der Waals surface area contributed by atoms with Crippen molar-refractivity contribution in [2.75, 3.05) is 6.61 Å². The van der Waals surface area contributed by atoms with Gasteiger partial charge in [0.05, 0.1) is 18.6 Å². The van der Waals surface area contributed by atoms with Gasteiger partial charge in [-0.15, -0.1) is 6.42 Å². The smallest absolute Gasteiger partial charge is 0.226 e. The minimum Gasteiger partial charge on any atom is -0.396 e. The van der Waals surface area contributed by atoms with Crippen molar-refractivity contribution in [3.05, 3.63) is 0 Å². The summed E-state index contributed by atoms with van der Waals surface area (Å²) in [4.78, 5) is 34.8. The Bertz CT molecular complexity index is 1170. The number of carbonyl (C=O) groups excluding carboxylic acids is 3. The predicted octanol–water partition coefficient (Wildman–Crippen LogP) is -0.695. The first-order chi connectivity index (χ1) is 14.4. The number of terminal acetylenes is 1. The van der Waals surface area contributed by atoms with Crippen LogP contribution in [0.4, 0.5) is 0 Å². The first kappa shape index (κ1) is 25.2. The van der Waals surface area contributed by atoms with Crippen LogP contribution in [0.2, 0.25) is 0 Å². The van der Waals surface area contributed by atoms with E-state index in [0.29, 0.717) is 0 Å². The quantitative estimate of drug-likeness (QED) is 0.462. The highest BCUT2D eigenvalue weighted by molar-refractivity contribution is 5.99. The average Bonchev–Trinajstić information content (AvgIpc) is 2.71. The molecule has 1 amide bonds. The SMILES string of the molecule is C#CC#CC#CC#CC#CC#CC#CC#CC(=O)C[C@@H](CO)C(=O)N[C@@H](C)C(C)=O. The molecule has 0 radical (unpaired) electrons. The Hall–Kier alpha value is -4.75. The van der Waals surface area contributed by atoms with E-state index in [2.05, 4.69) is 94.1 Å². The number of hydrogen-bond acceptors (Lipinski definition) is 4. The lowest BCUT2D eigenvalue weighted by Gasteiger charge is -2.15. The molecule has 5 heteroatoms. The Labute approximate surface area is 176 Å². The molecule has 0 spiro atoms. The second kappa shape index (κ2) is 16.4. The van der Waals surface area contributed by atoms with Gasteiger partial charge in [0.2, 0.25) is 11.7 Å². The van der Waals surface area contributed by atoms with Gasteiger partial charge < -0.3 is 10.4 Å². The van der Waals surface area contributed by atoms with Gasteiger partial charge in [-0.1, -0.05) is 0 Å². The van der Waals surface area contributed by atoms with Gasteiger partial charge in [0.1, 0.15) is 0 Å². The summed E-state index contributed by atoms with van der Waals surface area (Å²) in [7, 11) is 0. The van der Waals surface area contributed by atoms with E-state index in [1.165, 1.54) is 13.8 Å². The fraction of sp³-hybridized carbons (Fsp3) is 0.240. The molecule has 0 saturated carbocycles. The lowest BCUT2D eigenvalue weighted by molar-refractivity contribution is -0.132. The molecule has 0 fully saturated rings. The minimum absolute atomic E-state index is 0.237. The number of hydrogen-bond donors (Lipinski definition) is 2. The van der Waals surface area contributed by atoms with Crippen LogP contribution in [-0.2, 0) is 14.4 Å². The van der Waals surface area contributed by atoms with Crippen LogP contribution in [0.5, 0.6) is 0 Å². The van der Waals surface area contributed by atoms with E-state index in [4.69, 9.17) is 6.42 Å². The fourth-order valence-corrected chi connectivity index (χ4v) is 1.43. The van der Waals surface area contributed by atoms with Crippen LogP contribution >= 0.6 is 0 Å². The molecule has 5 nitrogen and oxygen atoms in total. The maximum absolute atomic E-state index is 11.9. The molecule has 0 aromatic heterocycles. The summed E-state index contributed by atoms with van der Waals surface area (Å²) in [5.41, 5.74) is 0. The standard InChI is InChI=1S/C25H15NO4/c1-4-5-6-7-8-9-10-11-12-13-14-15-16-17-18-24(29)19-23(20-27)25(30)26-21(2)22(3)28/h1,21,23,27H,19-20H2,2-3H3,(H,26,30)/t21-,23-/m0/s1. The zero-order valence-electron chi connectivity index (χ0n) is 16.3. The zero-order valence-corrected chi connectivity index (χ0v) is 16.3. The van der Waals surface area contributed by atoms with Crippen molar-refractivity contribution in [3.63, 3.8) is 0 Å². The molecule has 2 N–H and O–H groups in total. The van der Waals surface area contributed by atoms with Crippen molar-refractivity contribution < 1.29 is 19.5 Å². The molecule has 2 atom stereocenters. The number of ketones is 2. The third-order valence-corrected chi connectivity index (χ3v) is 3.02. The lowest BCUT2D eigenvalue weighted by Crippen LogP contribution is -2.42. The molecule has 0 aromatic carbocycles. The van der Waals surface area contributed by atoms with Gasteiger partial charge in [-0.3, -0.25) is 14.4 Å². The van der Waals surface area contributed by atoms with Crippen LogP contribution in [0, 0.1) is 101 Å². The highest BCUT2D eigenvalue weighted by Crippen LogP contribution is 2.04. The molecule has 30 heavy (non-hydrogen) atoms. The van der Waals surface area contributed by atoms with Gasteiger partial charge in [-0.05, 0) is 103 Å². The molecule has 0 saturated heterocycles. The summed E-state index contributed by atoms with van der Waals surface area (Å²) < 4.78 is 0. The fourth-order valence-electron chi connectivity index (χ4n) is 1.43. The highest BCUT2D eigenvalue weighted by Gasteiger charge is 2.22. The lowest BCUT2D eigenvalue weighted by atomic mass is 10.0. The van der Waals surface area contributed by atoms with Crippen LogP contribution < -0.4 is 5.32 Å². The molecule has 0 aliphatic heterocycles. The molecule has 0 aliphatic carbocycles. The third-order valence-electron chi connectivity index (χ3n) is 3.02. The Morgan fingerprint density at radius 1 is 0.833 bits per heavy atom. The summed E-state index contributed by atoms with van der Waals surface area (Å²) in [5.74, 6) is 33.0. The van der Waals surface area contributed by atoms with Crippen molar-refractivity contribution in [1.82, 2.24) is 5.32 Å². The third kappa shape index (κ3) is 13.5. The minimum atomic E-state index is -0.994. The number of Topliss-reactive ketones (excluding diaryl/α,β-unsaturated/α-hetero) is 2. The van der Waals surface area contributed by atoms with Gasteiger partial charge in [0, 0.05) is 6.42 Å². The summed E-state index contributed by atoms with van der Waals surface area (Å²) in [6.07, 6.45) is 4.61. The van der Waals surface area contributed by atoms with Crippen LogP contribution in [0.15, 0.2) is 0 Å². The summed E-state index contributed by atoms with van der Waals surface area (Å²) >= 11 is 0. The van der Waals surface area contributed by atoms with Crippen LogP contribution in [0.1, 0.15) is 20.3 Å². The molecule has 144 valence electrons. The Morgan fingerprint density at radius 2 is 1.27 bits per heavy atom. The normalized spacial score (nSPS) is 9.00. The Morgan fingerprint density at radius 3 is 1.67 bits per heavy atom. The number of amides is 1. The van der Waals surface area contributed by atoms with Gasteiger partial charge >= 0.3 is 0 Å². The highest BCUT2D eigenvalue weighted by atomic mass is 16.3. The number of nitrogens with one attached hydrogen (secondary N) is 1. The van der Waals surface area contributed by atoms with Gasteiger partial charge in [-0.2, -0.15) is 0 Å². The van der Waals surface area contributed by atoms with E-state index in [1.54, 1.807) is 0 Å². The van der Waals surface area contributed by atoms with E-state index in [-0.39, 0.29) is 12.2 Å². The maximum Gasteiger partial charge on any atom is 0.226 e. The Balaban J connectivity index is 4.65. The van der Waals surface area contributed by atoms with E-state index in [0.717, 1.165) is 0 Å². The van der Waals surface area contributed by atoms with E-state index < -0.39 is 30.3 Å². The summed E-state index contributed by atoms with van der Waals surface area (Å²) in [6, 6.07) is -0.702. The van der Waals surface area contributed by atoms with Crippen LogP contribution in [0.3, 0.4) is 0 Å². The topological polar surface area (TPSA) is 83.5 Å². The van der Waals surface area contributed by atoms with E-state index in [9.17, 15) is 19.5 Å². The molecule has 0 rings (SSSR count). The van der Waals surface area contributed by atoms with Crippen molar-refractivity contribution in [2.24, 2.45) is 5.92 Å². The molecule has 0 unspecified atom stereocenters. The van der Waals surface area contributed by atoms with E-state index >= 15 is 0 Å². The Kier molecular flexibility index (Phi) is 13.8. The molecule has 0 aromatic rings. The largest absolute Gasteiger partial charge is 0.396 e. The van der Waals surface area contributed by atoms with E-state index in [1.807, 2.05) is 0 Å². The van der Waals surface area contributed by atoms with Crippen molar-refractivity contribution in [3.8, 4) is 95.2 Å². The van der Waals surface area contributed by atoms with Gasteiger partial charge in [0.15, 0.2) is 5.78 Å². The van der Waals surface area contributed by atoms with Gasteiger partial charge in [0.25, 0.3) is 0 Å². The van der Waals surface area contributed by atoms with Crippen LogP contribution in [0.25, 0.3) is 0 Å². The molecule has 0 bridgehead atoms. The number of rotatable bonds is 6. The number of aliphatic hydroxyl groups excluding tert-OH is 1. The van der Waals surface area contributed by atoms with Crippen molar-refractivity contribution >= 4 is 17.5 Å². The molecule has 0 heterocycles. The zero-order chi connectivity index (χ0) is 22.6. The molecular weight excluding hydrogens is 378 g/mol. The monoisotopic (exact) mass is 393 g/mol. The van der Waals surface area contributed by atoms with Crippen molar-refractivity contribution in [1.29, 1.82) is 0 Å². The summed E-state index contributed by atoms with van der Waals surface area (Å²) in [5, 5.41) is 11.7. The first-order valence-electron chi connectivity index (χ1n) is 8.33. The number of carbonyl (C=O) groups is 3. The molecular formula is C25H15NO4. The first-order valence-corrected chi connectivity index (χ1v) is 8.33. The van der Waals surface area contributed by atoms with Crippen molar-refractivity contribution in [2.45, 2.75) is 26.3 Å². The average molecular weight is 393 g/mol. The molecule has 0 aliphatic rings. The van der Waals surface area contributed by atoms with Crippen LogP contribution in [-0.4, -0.2) is 35.2 Å². The predicted molar refractivity (Wildman–Crippen MR) is 112 cm³/mol. The second-order valence-electron chi connectivity index (χ2n) is 5.24. The van der Waals surface area contributed by atoms with Gasteiger partial charge in [-0.25, -0.2) is 0 Å². The maximum atomic E-state index is 11.9. The number of aliphatic hydroxyl groups is 1. The second-order valence-corrected chi connectivity index (χ2v) is 5.24.